The van der Waals surface area contributed by atoms with Crippen molar-refractivity contribution < 1.29 is 14.6 Å². The Morgan fingerprint density at radius 2 is 1.88 bits per heavy atom. The minimum atomic E-state index is -1.19. The molecule has 168 valence electrons. The Hall–Kier alpha value is -2.88. The Balaban J connectivity index is 2.46. The molecule has 0 fully saturated rings. The molecule has 1 atom stereocenters. The van der Waals surface area contributed by atoms with E-state index in [4.69, 9.17) is 27.9 Å². The fourth-order valence-electron chi connectivity index (χ4n) is 4.04. The van der Waals surface area contributed by atoms with Crippen molar-refractivity contribution in [3.05, 3.63) is 63.2 Å². The highest BCUT2D eigenvalue weighted by molar-refractivity contribution is 6.30. The van der Waals surface area contributed by atoms with Gasteiger partial charge in [-0.25, -0.2) is 16.4 Å². The lowest BCUT2D eigenvalue weighted by Crippen LogP contribution is -2.28. The number of carboxylic acid groups (broad SMARTS) is 1. The fraction of sp³-hybridized carbons (Fsp3) is 0.400. The summed E-state index contributed by atoms with van der Waals surface area (Å²) in [4.78, 5) is 20.7. The SMILES string of the molecule is [C-]#[N+]CCn1c(C)c(C)c2c(-c3ccc(Cl)cc3)c([C@H](OC(C)(C)C)C(=O)O)c(C)nc21. The molecule has 6 nitrogen and oxygen atoms in total. The third-order valence-corrected chi connectivity index (χ3v) is 5.76. The molecule has 0 bridgehead atoms. The molecule has 0 spiro atoms. The zero-order chi connectivity index (χ0) is 23.8. The molecule has 2 aromatic heterocycles. The summed E-state index contributed by atoms with van der Waals surface area (Å²) in [5.41, 5.74) is 4.82. The first kappa shape index (κ1) is 23.8. The molecule has 0 aliphatic rings. The second kappa shape index (κ2) is 8.93. The number of ether oxygens (including phenoxy) is 1. The maximum absolute atomic E-state index is 12.4. The van der Waals surface area contributed by atoms with E-state index < -0.39 is 17.7 Å². The summed E-state index contributed by atoms with van der Waals surface area (Å²) in [5.74, 6) is -1.07. The number of carboxylic acids is 1. The quantitative estimate of drug-likeness (QED) is 0.455. The number of carbonyl (C=O) groups is 1. The van der Waals surface area contributed by atoms with E-state index in [0.717, 1.165) is 33.4 Å². The van der Waals surface area contributed by atoms with Crippen molar-refractivity contribution in [2.75, 3.05) is 6.54 Å². The number of aromatic nitrogens is 2. The summed E-state index contributed by atoms with van der Waals surface area (Å²) in [6.07, 6.45) is -1.19. The van der Waals surface area contributed by atoms with Gasteiger partial charge in [0.2, 0.25) is 6.54 Å². The van der Waals surface area contributed by atoms with Crippen molar-refractivity contribution in [2.24, 2.45) is 0 Å². The molecule has 0 aliphatic heterocycles. The standard InChI is InChI=1S/C25H28ClN3O3/c1-14-16(3)29(13-12-27-7)23-19(14)21(17-8-10-18(26)11-9-17)20(15(2)28-23)22(24(30)31)32-25(4,5)6/h8-11,22H,12-13H2,1-6H3,(H,30,31)/t22-/m0/s1. The lowest BCUT2D eigenvalue weighted by Gasteiger charge is -2.28. The van der Waals surface area contributed by atoms with Crippen LogP contribution in [0.4, 0.5) is 0 Å². The molecule has 2 heterocycles. The molecule has 0 amide bonds. The molecular weight excluding hydrogens is 426 g/mol. The van der Waals surface area contributed by atoms with Crippen LogP contribution in [-0.2, 0) is 16.1 Å². The largest absolute Gasteiger partial charge is 0.479 e. The number of pyridine rings is 1. The highest BCUT2D eigenvalue weighted by Gasteiger charge is 2.33. The zero-order valence-corrected chi connectivity index (χ0v) is 20.0. The van der Waals surface area contributed by atoms with E-state index in [0.29, 0.717) is 29.4 Å². The number of fused-ring (bicyclic) bond motifs is 1. The van der Waals surface area contributed by atoms with Gasteiger partial charge >= 0.3 is 5.97 Å². The molecule has 1 N–H and O–H groups in total. The monoisotopic (exact) mass is 453 g/mol. The Labute approximate surface area is 193 Å². The number of rotatable bonds is 6. The first-order valence-corrected chi connectivity index (χ1v) is 10.8. The van der Waals surface area contributed by atoms with Crippen LogP contribution in [0.1, 0.15) is 49.4 Å². The van der Waals surface area contributed by atoms with Crippen LogP contribution < -0.4 is 0 Å². The first-order valence-electron chi connectivity index (χ1n) is 10.5. The second-order valence-electron chi connectivity index (χ2n) is 8.88. The van der Waals surface area contributed by atoms with Gasteiger partial charge < -0.3 is 19.3 Å². The van der Waals surface area contributed by atoms with E-state index in [1.807, 2.05) is 58.2 Å². The van der Waals surface area contributed by atoms with Crippen molar-refractivity contribution in [2.45, 2.75) is 59.8 Å². The number of hydrogen-bond donors (Lipinski definition) is 1. The van der Waals surface area contributed by atoms with Crippen molar-refractivity contribution >= 4 is 28.6 Å². The fourth-order valence-corrected chi connectivity index (χ4v) is 4.17. The normalized spacial score (nSPS) is 12.7. The Morgan fingerprint density at radius 3 is 2.41 bits per heavy atom. The minimum absolute atomic E-state index is 0.341. The maximum atomic E-state index is 12.4. The third-order valence-electron chi connectivity index (χ3n) is 5.51. The average Bonchev–Trinajstić information content (AvgIpc) is 2.93. The smallest absolute Gasteiger partial charge is 0.337 e. The summed E-state index contributed by atoms with van der Waals surface area (Å²) >= 11 is 6.14. The van der Waals surface area contributed by atoms with Gasteiger partial charge in [-0.05, 0) is 64.8 Å². The van der Waals surface area contributed by atoms with E-state index in [1.54, 1.807) is 12.1 Å². The van der Waals surface area contributed by atoms with E-state index in [1.165, 1.54) is 0 Å². The number of aryl methyl sites for hydroxylation is 2. The van der Waals surface area contributed by atoms with Crippen LogP contribution in [0.25, 0.3) is 27.0 Å². The highest BCUT2D eigenvalue weighted by Crippen LogP contribution is 2.42. The van der Waals surface area contributed by atoms with Crippen LogP contribution in [-0.4, -0.2) is 32.8 Å². The highest BCUT2D eigenvalue weighted by atomic mass is 35.5. The van der Waals surface area contributed by atoms with E-state index in [9.17, 15) is 9.90 Å². The number of halogens is 1. The molecule has 32 heavy (non-hydrogen) atoms. The van der Waals surface area contributed by atoms with Gasteiger partial charge in [-0.3, -0.25) is 0 Å². The molecule has 3 aromatic rings. The zero-order valence-electron chi connectivity index (χ0n) is 19.3. The van der Waals surface area contributed by atoms with Crippen LogP contribution in [0.3, 0.4) is 0 Å². The minimum Gasteiger partial charge on any atom is -0.479 e. The van der Waals surface area contributed by atoms with Gasteiger partial charge in [-0.1, -0.05) is 23.7 Å². The molecular formula is C25H28ClN3O3. The summed E-state index contributed by atoms with van der Waals surface area (Å²) in [6, 6.07) is 7.37. The van der Waals surface area contributed by atoms with E-state index in [-0.39, 0.29) is 0 Å². The predicted octanol–water partition coefficient (Wildman–Crippen LogP) is 6.14. The van der Waals surface area contributed by atoms with Gasteiger partial charge in [0.25, 0.3) is 0 Å². The van der Waals surface area contributed by atoms with Crippen LogP contribution in [0.5, 0.6) is 0 Å². The topological polar surface area (TPSA) is 68.7 Å². The van der Waals surface area contributed by atoms with Gasteiger partial charge in [0.1, 0.15) is 5.65 Å². The Morgan fingerprint density at radius 1 is 1.25 bits per heavy atom. The maximum Gasteiger partial charge on any atom is 0.337 e. The van der Waals surface area contributed by atoms with Gasteiger partial charge in [-0.15, -0.1) is 0 Å². The van der Waals surface area contributed by atoms with Crippen molar-refractivity contribution in [1.29, 1.82) is 0 Å². The molecule has 0 saturated carbocycles. The van der Waals surface area contributed by atoms with Gasteiger partial charge in [0, 0.05) is 32.9 Å². The van der Waals surface area contributed by atoms with Gasteiger partial charge in [-0.2, -0.15) is 0 Å². The molecule has 0 unspecified atom stereocenters. The second-order valence-corrected chi connectivity index (χ2v) is 9.32. The molecule has 3 rings (SSSR count). The average molecular weight is 454 g/mol. The summed E-state index contributed by atoms with van der Waals surface area (Å²) < 4.78 is 8.07. The first-order chi connectivity index (χ1) is 15.0. The van der Waals surface area contributed by atoms with Gasteiger partial charge in [0.15, 0.2) is 6.10 Å². The van der Waals surface area contributed by atoms with E-state index >= 15 is 0 Å². The lowest BCUT2D eigenvalue weighted by molar-refractivity contribution is -0.160. The van der Waals surface area contributed by atoms with Gasteiger partial charge in [0.05, 0.1) is 12.1 Å². The van der Waals surface area contributed by atoms with E-state index in [2.05, 4.69) is 4.85 Å². The van der Waals surface area contributed by atoms with Crippen LogP contribution in [0, 0.1) is 27.3 Å². The third kappa shape index (κ3) is 4.50. The van der Waals surface area contributed by atoms with Crippen LogP contribution >= 0.6 is 11.6 Å². The molecule has 0 aliphatic carbocycles. The summed E-state index contributed by atoms with van der Waals surface area (Å²) in [6.45, 7) is 19.4. The molecule has 1 aromatic carbocycles. The van der Waals surface area contributed by atoms with Crippen molar-refractivity contribution in [1.82, 2.24) is 9.55 Å². The van der Waals surface area contributed by atoms with Crippen LogP contribution in [0.15, 0.2) is 24.3 Å². The predicted molar refractivity (Wildman–Crippen MR) is 127 cm³/mol. The number of hydrogen-bond acceptors (Lipinski definition) is 3. The Bertz CT molecular complexity index is 1210. The van der Waals surface area contributed by atoms with Crippen molar-refractivity contribution in [3.8, 4) is 11.1 Å². The van der Waals surface area contributed by atoms with Crippen molar-refractivity contribution in [3.63, 3.8) is 0 Å². The van der Waals surface area contributed by atoms with Crippen LogP contribution in [0.2, 0.25) is 5.02 Å². The lowest BCUT2D eigenvalue weighted by atomic mass is 9.91. The number of aliphatic carboxylic acids is 1. The molecule has 7 heteroatoms. The Kier molecular flexibility index (Phi) is 6.64. The number of nitrogens with zero attached hydrogens (tertiary/aromatic N) is 3. The summed E-state index contributed by atoms with van der Waals surface area (Å²) in [5, 5.41) is 11.6. The molecule has 0 saturated heterocycles. The number of benzene rings is 1. The summed E-state index contributed by atoms with van der Waals surface area (Å²) in [7, 11) is 0. The molecule has 0 radical (unpaired) electrons.